The lowest BCUT2D eigenvalue weighted by Crippen LogP contribution is -2.34. The largest absolute Gasteiger partial charge is 0.490 e. The van der Waals surface area contributed by atoms with Crippen molar-refractivity contribution in [1.29, 1.82) is 0 Å². The third kappa shape index (κ3) is 4.18. The number of methoxy groups -OCH3 is 1. The molecule has 130 valence electrons. The van der Waals surface area contributed by atoms with E-state index in [1.165, 1.54) is 12.1 Å². The maximum absolute atomic E-state index is 12.1. The summed E-state index contributed by atoms with van der Waals surface area (Å²) in [6.07, 6.45) is 1.15. The minimum atomic E-state index is -0.540. The maximum Gasteiger partial charge on any atom is 0.277 e. The highest BCUT2D eigenvalue weighted by molar-refractivity contribution is 6.37. The fourth-order valence-corrected chi connectivity index (χ4v) is 2.51. The van der Waals surface area contributed by atoms with Crippen LogP contribution in [0.1, 0.15) is 0 Å². The van der Waals surface area contributed by atoms with Crippen molar-refractivity contribution in [2.24, 2.45) is 0 Å². The number of benzene rings is 1. The summed E-state index contributed by atoms with van der Waals surface area (Å²) in [4.78, 5) is 24.8. The number of hydrogen-bond donors (Lipinski definition) is 2. The molecular formula is C15H16Cl2N2O5. The van der Waals surface area contributed by atoms with Gasteiger partial charge < -0.3 is 19.9 Å². The van der Waals surface area contributed by atoms with Gasteiger partial charge in [-0.15, -0.1) is 0 Å². The van der Waals surface area contributed by atoms with Crippen LogP contribution in [0.4, 0.5) is 5.69 Å². The van der Waals surface area contributed by atoms with Crippen LogP contribution in [0.15, 0.2) is 23.9 Å². The Labute approximate surface area is 148 Å². The van der Waals surface area contributed by atoms with E-state index in [-0.39, 0.29) is 23.9 Å². The number of aliphatic hydroxyl groups excluding tert-OH is 1. The lowest BCUT2D eigenvalue weighted by Gasteiger charge is -2.15. The van der Waals surface area contributed by atoms with Crippen LogP contribution in [0.3, 0.4) is 0 Å². The molecule has 0 spiro atoms. The molecule has 2 N–H and O–H groups in total. The number of β-amino-alcohol motifs (C(OH)–C–C–N with tert-alkyl or cyclic N) is 1. The van der Waals surface area contributed by atoms with Gasteiger partial charge in [0.1, 0.15) is 18.1 Å². The first-order chi connectivity index (χ1) is 11.5. The molecule has 0 fully saturated rings. The predicted octanol–water partition coefficient (Wildman–Crippen LogP) is 1.68. The monoisotopic (exact) mass is 374 g/mol. The molecule has 1 aliphatic rings. The Morgan fingerprint density at radius 2 is 1.96 bits per heavy atom. The minimum absolute atomic E-state index is 0.0560. The average Bonchev–Trinajstić information content (AvgIpc) is 2.79. The molecule has 0 unspecified atom stereocenters. The predicted molar refractivity (Wildman–Crippen MR) is 89.3 cm³/mol. The van der Waals surface area contributed by atoms with E-state index in [4.69, 9.17) is 37.8 Å². The van der Waals surface area contributed by atoms with Crippen molar-refractivity contribution in [1.82, 2.24) is 4.90 Å². The smallest absolute Gasteiger partial charge is 0.277 e. The van der Waals surface area contributed by atoms with E-state index in [1.54, 1.807) is 7.11 Å². The van der Waals surface area contributed by atoms with Crippen LogP contribution in [0.25, 0.3) is 0 Å². The van der Waals surface area contributed by atoms with Gasteiger partial charge in [-0.05, 0) is 6.07 Å². The molecule has 2 rings (SSSR count). The molecule has 0 saturated carbocycles. The zero-order valence-electron chi connectivity index (χ0n) is 12.8. The summed E-state index contributed by atoms with van der Waals surface area (Å²) in [5.41, 5.74) is 0.423. The summed E-state index contributed by atoms with van der Waals surface area (Å²) in [7, 11) is 1.55. The average molecular weight is 375 g/mol. The number of ether oxygens (including phenoxy) is 2. The Morgan fingerprint density at radius 3 is 2.62 bits per heavy atom. The van der Waals surface area contributed by atoms with Gasteiger partial charge in [0.05, 0.1) is 35.5 Å². The van der Waals surface area contributed by atoms with E-state index in [9.17, 15) is 9.59 Å². The molecule has 1 aliphatic heterocycles. The SMILES string of the molecule is COCCOc1cc(NC2=CC(=O)N(CCO)C2=O)c(Cl)cc1Cl. The number of anilines is 1. The van der Waals surface area contributed by atoms with Crippen LogP contribution in [-0.4, -0.2) is 55.3 Å². The van der Waals surface area contributed by atoms with Crippen molar-refractivity contribution in [2.45, 2.75) is 0 Å². The lowest BCUT2D eigenvalue weighted by atomic mass is 10.2. The van der Waals surface area contributed by atoms with Gasteiger partial charge in [-0.3, -0.25) is 14.5 Å². The zero-order chi connectivity index (χ0) is 17.7. The molecule has 1 heterocycles. The topological polar surface area (TPSA) is 88.1 Å². The lowest BCUT2D eigenvalue weighted by molar-refractivity contribution is -0.137. The number of nitrogens with zero attached hydrogens (tertiary/aromatic N) is 1. The highest BCUT2D eigenvalue weighted by Crippen LogP contribution is 2.35. The number of rotatable bonds is 8. The Hall–Kier alpha value is -1.80. The molecule has 7 nitrogen and oxygen atoms in total. The van der Waals surface area contributed by atoms with Gasteiger partial charge >= 0.3 is 0 Å². The molecule has 0 aromatic heterocycles. The summed E-state index contributed by atoms with van der Waals surface area (Å²) in [5.74, 6) is -0.676. The van der Waals surface area contributed by atoms with Gasteiger partial charge in [-0.25, -0.2) is 0 Å². The Morgan fingerprint density at radius 1 is 1.21 bits per heavy atom. The molecule has 0 radical (unpaired) electrons. The van der Waals surface area contributed by atoms with Gasteiger partial charge in [0.2, 0.25) is 0 Å². The number of halogens is 2. The zero-order valence-corrected chi connectivity index (χ0v) is 14.4. The van der Waals surface area contributed by atoms with E-state index in [2.05, 4.69) is 5.32 Å². The van der Waals surface area contributed by atoms with Gasteiger partial charge in [-0.1, -0.05) is 23.2 Å². The fraction of sp³-hybridized carbons (Fsp3) is 0.333. The molecular weight excluding hydrogens is 359 g/mol. The standard InChI is InChI=1S/C15H16Cl2N2O5/c1-23-4-5-24-13-7-11(9(16)6-10(13)17)18-12-8-14(21)19(2-3-20)15(12)22/h6-8,18,20H,2-5H2,1H3. The van der Waals surface area contributed by atoms with Crippen LogP contribution in [0.5, 0.6) is 5.75 Å². The number of imide groups is 1. The second kappa shape index (κ2) is 8.34. The second-order valence-corrected chi connectivity index (χ2v) is 5.62. The van der Waals surface area contributed by atoms with E-state index in [0.29, 0.717) is 29.7 Å². The molecule has 0 atom stereocenters. The molecule has 24 heavy (non-hydrogen) atoms. The number of carbonyl (C=O) groups is 2. The summed E-state index contributed by atoms with van der Waals surface area (Å²) < 4.78 is 10.4. The van der Waals surface area contributed by atoms with Crippen LogP contribution < -0.4 is 10.1 Å². The summed E-state index contributed by atoms with van der Waals surface area (Å²) in [6.45, 7) is 0.300. The number of nitrogens with one attached hydrogen (secondary N) is 1. The fourth-order valence-electron chi connectivity index (χ4n) is 2.03. The van der Waals surface area contributed by atoms with E-state index in [0.717, 1.165) is 11.0 Å². The molecule has 1 aromatic rings. The molecule has 1 aromatic carbocycles. The third-order valence-electron chi connectivity index (χ3n) is 3.17. The summed E-state index contributed by atoms with van der Waals surface area (Å²) >= 11 is 12.2. The van der Waals surface area contributed by atoms with Crippen molar-refractivity contribution in [2.75, 3.05) is 38.8 Å². The normalized spacial score (nSPS) is 14.2. The molecule has 0 saturated heterocycles. The van der Waals surface area contributed by atoms with E-state index < -0.39 is 11.8 Å². The van der Waals surface area contributed by atoms with Crippen LogP contribution in [0, 0.1) is 0 Å². The van der Waals surface area contributed by atoms with E-state index in [1.807, 2.05) is 0 Å². The number of amides is 2. The highest BCUT2D eigenvalue weighted by Gasteiger charge is 2.31. The van der Waals surface area contributed by atoms with Gasteiger partial charge in [0, 0.05) is 19.3 Å². The van der Waals surface area contributed by atoms with Crippen molar-refractivity contribution in [3.63, 3.8) is 0 Å². The van der Waals surface area contributed by atoms with Crippen LogP contribution in [-0.2, 0) is 14.3 Å². The number of hydrogen-bond acceptors (Lipinski definition) is 6. The maximum atomic E-state index is 12.1. The van der Waals surface area contributed by atoms with Gasteiger partial charge in [-0.2, -0.15) is 0 Å². The Bertz CT molecular complexity index is 678. The quantitative estimate of drug-likeness (QED) is 0.531. The molecule has 9 heteroatoms. The highest BCUT2D eigenvalue weighted by atomic mass is 35.5. The summed E-state index contributed by atoms with van der Waals surface area (Å²) in [6, 6.07) is 3.01. The van der Waals surface area contributed by atoms with Crippen LogP contribution >= 0.6 is 23.2 Å². The minimum Gasteiger partial charge on any atom is -0.490 e. The molecule has 0 bridgehead atoms. The first-order valence-electron chi connectivity index (χ1n) is 7.04. The van der Waals surface area contributed by atoms with Crippen molar-refractivity contribution in [3.8, 4) is 5.75 Å². The van der Waals surface area contributed by atoms with Crippen molar-refractivity contribution >= 4 is 40.7 Å². The summed E-state index contributed by atoms with van der Waals surface area (Å²) in [5, 5.41) is 12.3. The van der Waals surface area contributed by atoms with Gasteiger partial charge in [0.25, 0.3) is 11.8 Å². The van der Waals surface area contributed by atoms with Crippen molar-refractivity contribution in [3.05, 3.63) is 34.0 Å². The van der Waals surface area contributed by atoms with E-state index >= 15 is 0 Å². The van der Waals surface area contributed by atoms with Crippen molar-refractivity contribution < 1.29 is 24.2 Å². The first-order valence-corrected chi connectivity index (χ1v) is 7.79. The number of aliphatic hydroxyl groups is 1. The Balaban J connectivity index is 2.17. The third-order valence-corrected chi connectivity index (χ3v) is 3.78. The van der Waals surface area contributed by atoms with Gasteiger partial charge in [0.15, 0.2) is 0 Å². The number of carbonyl (C=O) groups excluding carboxylic acids is 2. The molecule has 0 aliphatic carbocycles. The van der Waals surface area contributed by atoms with Crippen LogP contribution in [0.2, 0.25) is 10.0 Å². The Kier molecular flexibility index (Phi) is 6.44. The molecule has 2 amide bonds. The first kappa shape index (κ1) is 18.5. The second-order valence-electron chi connectivity index (χ2n) is 4.81.